The summed E-state index contributed by atoms with van der Waals surface area (Å²) < 4.78 is 0. The van der Waals surface area contributed by atoms with E-state index in [0.717, 1.165) is 19.3 Å². The van der Waals surface area contributed by atoms with Gasteiger partial charge in [0, 0.05) is 24.4 Å². The lowest BCUT2D eigenvalue weighted by Crippen LogP contribution is -2.27. The van der Waals surface area contributed by atoms with Crippen molar-refractivity contribution in [2.24, 2.45) is 11.3 Å². The second kappa shape index (κ2) is 3.31. The van der Waals surface area contributed by atoms with Gasteiger partial charge in [-0.05, 0) is 12.8 Å². The minimum absolute atomic E-state index is 0.0921. The molecular weight excluding hydrogens is 162 g/mol. The van der Waals surface area contributed by atoms with Crippen LogP contribution in [0.5, 0.6) is 0 Å². The van der Waals surface area contributed by atoms with E-state index in [1.54, 1.807) is 0 Å². The van der Waals surface area contributed by atoms with Gasteiger partial charge in [-0.3, -0.25) is 0 Å². The molecular formula is C11H19NO. The van der Waals surface area contributed by atoms with Crippen molar-refractivity contribution in [1.29, 1.82) is 0 Å². The molecule has 1 aliphatic rings. The van der Waals surface area contributed by atoms with E-state index in [2.05, 4.69) is 25.6 Å². The number of aliphatic hydroxyl groups excluding tert-OH is 1. The van der Waals surface area contributed by atoms with Gasteiger partial charge in [0.1, 0.15) is 0 Å². The lowest BCUT2D eigenvalue weighted by Gasteiger charge is -2.21. The molecule has 0 unspecified atom stereocenters. The van der Waals surface area contributed by atoms with Crippen LogP contribution < -0.4 is 0 Å². The first kappa shape index (κ1) is 10.5. The van der Waals surface area contributed by atoms with Crippen molar-refractivity contribution in [2.75, 3.05) is 6.61 Å². The first-order chi connectivity index (χ1) is 5.98. The van der Waals surface area contributed by atoms with Gasteiger partial charge in [-0.15, -0.1) is 0 Å². The first-order valence-corrected chi connectivity index (χ1v) is 4.97. The number of aliphatic hydroxyl groups is 1. The number of hydrogen-bond donors (Lipinski definition) is 1. The van der Waals surface area contributed by atoms with Crippen LogP contribution in [0.2, 0.25) is 0 Å². The Morgan fingerprint density at radius 1 is 1.54 bits per heavy atom. The Bertz CT molecular complexity index is 223. The zero-order valence-corrected chi connectivity index (χ0v) is 8.80. The Kier molecular flexibility index (Phi) is 2.68. The van der Waals surface area contributed by atoms with Gasteiger partial charge >= 0.3 is 0 Å². The van der Waals surface area contributed by atoms with Crippen molar-refractivity contribution >= 4 is 0 Å². The van der Waals surface area contributed by atoms with E-state index in [4.69, 9.17) is 11.7 Å². The van der Waals surface area contributed by atoms with Gasteiger partial charge in [0.25, 0.3) is 0 Å². The molecule has 0 saturated heterocycles. The fourth-order valence-corrected chi connectivity index (χ4v) is 2.22. The molecule has 0 heterocycles. The topological polar surface area (TPSA) is 24.6 Å². The predicted molar refractivity (Wildman–Crippen MR) is 53.2 cm³/mol. The van der Waals surface area contributed by atoms with Crippen LogP contribution in [0.1, 0.15) is 40.0 Å². The van der Waals surface area contributed by atoms with E-state index in [0.29, 0.717) is 5.92 Å². The molecule has 74 valence electrons. The predicted octanol–water partition coefficient (Wildman–Crippen LogP) is 2.48. The normalized spacial score (nSPS) is 32.7. The van der Waals surface area contributed by atoms with E-state index >= 15 is 0 Å². The summed E-state index contributed by atoms with van der Waals surface area (Å²) in [7, 11) is 0. The van der Waals surface area contributed by atoms with Crippen molar-refractivity contribution < 1.29 is 5.11 Å². The molecule has 13 heavy (non-hydrogen) atoms. The maximum atomic E-state index is 8.71. The highest BCUT2D eigenvalue weighted by Crippen LogP contribution is 2.59. The molecule has 1 N–H and O–H groups in total. The molecule has 1 rings (SSSR count). The first-order valence-electron chi connectivity index (χ1n) is 4.97. The quantitative estimate of drug-likeness (QED) is 0.665. The van der Waals surface area contributed by atoms with Crippen LogP contribution in [0, 0.1) is 17.9 Å². The molecule has 0 bridgehead atoms. The molecule has 0 spiro atoms. The van der Waals surface area contributed by atoms with Gasteiger partial charge in [-0.2, -0.15) is 0 Å². The van der Waals surface area contributed by atoms with Gasteiger partial charge < -0.3 is 9.95 Å². The van der Waals surface area contributed by atoms with E-state index in [1.807, 2.05) is 0 Å². The summed E-state index contributed by atoms with van der Waals surface area (Å²) in [6.45, 7) is 13.9. The van der Waals surface area contributed by atoms with Crippen molar-refractivity contribution in [3.05, 3.63) is 11.4 Å². The second-order valence-electron chi connectivity index (χ2n) is 5.05. The minimum Gasteiger partial charge on any atom is -0.396 e. The van der Waals surface area contributed by atoms with Crippen molar-refractivity contribution in [2.45, 2.75) is 45.6 Å². The molecule has 1 aliphatic carbocycles. The number of hydrogen-bond acceptors (Lipinski definition) is 1. The summed E-state index contributed by atoms with van der Waals surface area (Å²) in [5, 5.41) is 8.71. The van der Waals surface area contributed by atoms with Gasteiger partial charge in [0.2, 0.25) is 5.54 Å². The molecule has 0 radical (unpaired) electrons. The summed E-state index contributed by atoms with van der Waals surface area (Å²) >= 11 is 0. The standard InChI is InChI=1S/C11H19NO/c1-10(2,3)11(12-4)8-9(11)6-5-7-13/h9,13H,5-8H2,1-3H3/t9-,11-/m1/s1. The number of rotatable bonds is 3. The van der Waals surface area contributed by atoms with Crippen molar-refractivity contribution in [3.63, 3.8) is 0 Å². The minimum atomic E-state index is -0.123. The van der Waals surface area contributed by atoms with Gasteiger partial charge in [0.05, 0.1) is 0 Å². The van der Waals surface area contributed by atoms with Gasteiger partial charge in [-0.25, -0.2) is 6.57 Å². The summed E-state index contributed by atoms with van der Waals surface area (Å²) in [5.41, 5.74) is -0.0307. The SMILES string of the molecule is [C-]#[N+][C@]1(C(C)(C)C)C[C@H]1CCCO. The monoisotopic (exact) mass is 181 g/mol. The molecule has 0 aromatic rings. The zero-order chi connectivity index (χ0) is 10.1. The summed E-state index contributed by atoms with van der Waals surface area (Å²) in [4.78, 5) is 3.81. The second-order valence-corrected chi connectivity index (χ2v) is 5.05. The van der Waals surface area contributed by atoms with E-state index in [-0.39, 0.29) is 17.6 Å². The van der Waals surface area contributed by atoms with Gasteiger partial charge in [0.15, 0.2) is 0 Å². The Hall–Kier alpha value is -0.550. The Morgan fingerprint density at radius 3 is 2.46 bits per heavy atom. The molecule has 2 nitrogen and oxygen atoms in total. The molecule has 2 atom stereocenters. The maximum Gasteiger partial charge on any atom is 0.240 e. The number of nitrogens with zero attached hydrogens (tertiary/aromatic N) is 1. The maximum absolute atomic E-state index is 8.71. The van der Waals surface area contributed by atoms with Gasteiger partial charge in [-0.1, -0.05) is 20.8 Å². The summed E-state index contributed by atoms with van der Waals surface area (Å²) in [5.74, 6) is 0.525. The highest BCUT2D eigenvalue weighted by atomic mass is 16.2. The van der Waals surface area contributed by atoms with E-state index in [9.17, 15) is 0 Å². The molecule has 0 amide bonds. The summed E-state index contributed by atoms with van der Waals surface area (Å²) in [6, 6.07) is 0. The summed E-state index contributed by atoms with van der Waals surface area (Å²) in [6.07, 6.45) is 2.88. The smallest absolute Gasteiger partial charge is 0.240 e. The molecule has 1 fully saturated rings. The third-order valence-corrected chi connectivity index (χ3v) is 3.28. The van der Waals surface area contributed by atoms with Crippen LogP contribution in [-0.2, 0) is 0 Å². The van der Waals surface area contributed by atoms with Crippen molar-refractivity contribution in [1.82, 2.24) is 0 Å². The third-order valence-electron chi connectivity index (χ3n) is 3.28. The molecule has 0 aliphatic heterocycles. The molecule has 1 saturated carbocycles. The largest absolute Gasteiger partial charge is 0.396 e. The molecule has 2 heteroatoms. The average molecular weight is 181 g/mol. The molecule has 0 aromatic carbocycles. The lowest BCUT2D eigenvalue weighted by molar-refractivity contribution is 0.269. The van der Waals surface area contributed by atoms with Crippen LogP contribution in [0.15, 0.2) is 0 Å². The van der Waals surface area contributed by atoms with Crippen LogP contribution in [0.3, 0.4) is 0 Å². The molecule has 0 aromatic heterocycles. The van der Waals surface area contributed by atoms with Crippen molar-refractivity contribution in [3.8, 4) is 0 Å². The average Bonchev–Trinajstić information content (AvgIpc) is 2.74. The third kappa shape index (κ3) is 1.71. The highest BCUT2D eigenvalue weighted by molar-refractivity contribution is 5.23. The van der Waals surface area contributed by atoms with Crippen LogP contribution in [0.25, 0.3) is 4.85 Å². The van der Waals surface area contributed by atoms with Crippen LogP contribution >= 0.6 is 0 Å². The highest BCUT2D eigenvalue weighted by Gasteiger charge is 2.68. The lowest BCUT2D eigenvalue weighted by atomic mass is 9.82. The fourth-order valence-electron chi connectivity index (χ4n) is 2.22. The van der Waals surface area contributed by atoms with Crippen LogP contribution in [0.4, 0.5) is 0 Å². The zero-order valence-electron chi connectivity index (χ0n) is 8.80. The van der Waals surface area contributed by atoms with Crippen LogP contribution in [-0.4, -0.2) is 17.3 Å². The Morgan fingerprint density at radius 2 is 2.15 bits per heavy atom. The van der Waals surface area contributed by atoms with E-state index in [1.165, 1.54) is 0 Å². The fraction of sp³-hybridized carbons (Fsp3) is 0.909. The Balaban J connectivity index is 2.56. The van der Waals surface area contributed by atoms with E-state index < -0.39 is 0 Å². The Labute approximate surface area is 80.8 Å².